The van der Waals surface area contributed by atoms with Crippen molar-refractivity contribution < 1.29 is 17.9 Å². The van der Waals surface area contributed by atoms with Crippen LogP contribution < -0.4 is 15.4 Å². The van der Waals surface area contributed by atoms with Crippen LogP contribution >= 0.6 is 24.0 Å². The molecule has 0 radical (unpaired) electrons. The average Bonchev–Trinajstić information content (AvgIpc) is 2.66. The molecule has 0 aromatic heterocycles. The van der Waals surface area contributed by atoms with E-state index >= 15 is 0 Å². The van der Waals surface area contributed by atoms with Crippen LogP contribution in [0, 0.1) is 0 Å². The lowest BCUT2D eigenvalue weighted by molar-refractivity contribution is -0.274. The van der Waals surface area contributed by atoms with E-state index in [2.05, 4.69) is 37.1 Å². The highest BCUT2D eigenvalue weighted by molar-refractivity contribution is 14.0. The van der Waals surface area contributed by atoms with E-state index in [4.69, 9.17) is 0 Å². The fourth-order valence-corrected chi connectivity index (χ4v) is 3.03. The third kappa shape index (κ3) is 9.85. The van der Waals surface area contributed by atoms with Gasteiger partial charge in [0.25, 0.3) is 0 Å². The van der Waals surface area contributed by atoms with E-state index in [9.17, 15) is 13.2 Å². The molecule has 0 spiro atoms. The number of halogens is 4. The molecule has 1 aliphatic heterocycles. The molecule has 6 nitrogen and oxygen atoms in total. The highest BCUT2D eigenvalue weighted by atomic mass is 127. The Morgan fingerprint density at radius 1 is 1.07 bits per heavy atom. The first-order chi connectivity index (χ1) is 13.4. The summed E-state index contributed by atoms with van der Waals surface area (Å²) in [6.45, 7) is 11.9. The van der Waals surface area contributed by atoms with Gasteiger partial charge in [-0.15, -0.1) is 37.1 Å². The molecule has 1 saturated heterocycles. The summed E-state index contributed by atoms with van der Waals surface area (Å²) in [7, 11) is 0. The van der Waals surface area contributed by atoms with Crippen molar-refractivity contribution in [2.24, 2.45) is 4.99 Å². The average molecular weight is 529 g/mol. The van der Waals surface area contributed by atoms with Crippen molar-refractivity contribution in [1.82, 2.24) is 20.4 Å². The number of rotatable bonds is 8. The molecule has 0 saturated carbocycles. The van der Waals surface area contributed by atoms with Gasteiger partial charge in [-0.2, -0.15) is 0 Å². The third-order valence-electron chi connectivity index (χ3n) is 4.58. The number of likely N-dealkylation sites (N-methyl/N-ethyl adjacent to an activating group) is 1. The number of ether oxygens (including phenoxy) is 1. The Balaban J connectivity index is 0.00000420. The van der Waals surface area contributed by atoms with Crippen LogP contribution in [0.15, 0.2) is 29.3 Å². The van der Waals surface area contributed by atoms with E-state index in [1.807, 2.05) is 6.92 Å². The number of alkyl halides is 3. The lowest BCUT2D eigenvalue weighted by Gasteiger charge is -2.34. The van der Waals surface area contributed by atoms with Crippen LogP contribution in [0.5, 0.6) is 5.75 Å². The first-order valence-corrected chi connectivity index (χ1v) is 9.71. The Hall–Kier alpha value is -1.27. The summed E-state index contributed by atoms with van der Waals surface area (Å²) in [6.07, 6.45) is -4.72. The second-order valence-electron chi connectivity index (χ2n) is 6.55. The Labute approximate surface area is 187 Å². The van der Waals surface area contributed by atoms with Gasteiger partial charge in [0, 0.05) is 51.4 Å². The predicted octanol–water partition coefficient (Wildman–Crippen LogP) is 2.90. The Morgan fingerprint density at radius 2 is 1.72 bits per heavy atom. The van der Waals surface area contributed by atoms with Crippen LogP contribution in [-0.4, -0.2) is 74.5 Å². The van der Waals surface area contributed by atoms with Gasteiger partial charge in [-0.05, 0) is 19.5 Å². The summed E-state index contributed by atoms with van der Waals surface area (Å²) in [6, 6.07) is 6.07. The van der Waals surface area contributed by atoms with Crippen molar-refractivity contribution in [2.75, 3.05) is 52.4 Å². The number of nitrogens with one attached hydrogen (secondary N) is 2. The number of benzene rings is 1. The molecule has 2 N–H and O–H groups in total. The van der Waals surface area contributed by atoms with Gasteiger partial charge in [0.2, 0.25) is 0 Å². The van der Waals surface area contributed by atoms with E-state index < -0.39 is 6.36 Å². The van der Waals surface area contributed by atoms with Gasteiger partial charge in [0.1, 0.15) is 5.75 Å². The van der Waals surface area contributed by atoms with Crippen molar-refractivity contribution in [2.45, 2.75) is 26.8 Å². The van der Waals surface area contributed by atoms with Crippen molar-refractivity contribution in [1.29, 1.82) is 0 Å². The molecule has 0 atom stereocenters. The molecule has 0 unspecified atom stereocenters. The second-order valence-corrected chi connectivity index (χ2v) is 6.55. The predicted molar refractivity (Wildman–Crippen MR) is 120 cm³/mol. The van der Waals surface area contributed by atoms with E-state index in [1.165, 1.54) is 12.1 Å². The minimum absolute atomic E-state index is 0. The quantitative estimate of drug-likeness (QED) is 0.308. The Kier molecular flexibility index (Phi) is 11.7. The smallest absolute Gasteiger partial charge is 0.405 e. The van der Waals surface area contributed by atoms with Crippen molar-refractivity contribution in [3.63, 3.8) is 0 Å². The molecule has 2 rings (SSSR count). The molecule has 1 aromatic carbocycles. The van der Waals surface area contributed by atoms with E-state index in [-0.39, 0.29) is 36.3 Å². The fourth-order valence-electron chi connectivity index (χ4n) is 3.03. The van der Waals surface area contributed by atoms with Gasteiger partial charge < -0.3 is 20.3 Å². The maximum Gasteiger partial charge on any atom is 0.573 e. The number of hydrogen-bond donors (Lipinski definition) is 2. The van der Waals surface area contributed by atoms with E-state index in [1.54, 1.807) is 12.1 Å². The lowest BCUT2D eigenvalue weighted by Crippen LogP contribution is -2.49. The van der Waals surface area contributed by atoms with Crippen LogP contribution in [0.1, 0.15) is 19.4 Å². The standard InChI is InChI=1S/C19H30F3N5O.HI/c1-3-23-18(24-9-10-27-13-11-26(4-2)12-14-27)25-15-16-7-5-6-8-17(16)28-19(20,21)22;/h5-8H,3-4,9-15H2,1-2H3,(H2,23,24,25);1H. The number of para-hydroxylation sites is 1. The lowest BCUT2D eigenvalue weighted by atomic mass is 10.2. The molecule has 1 aliphatic rings. The maximum absolute atomic E-state index is 12.5. The second kappa shape index (κ2) is 13.1. The summed E-state index contributed by atoms with van der Waals surface area (Å²) < 4.78 is 41.7. The highest BCUT2D eigenvalue weighted by Gasteiger charge is 2.31. The van der Waals surface area contributed by atoms with Gasteiger partial charge in [-0.3, -0.25) is 4.90 Å². The number of hydrogen-bond acceptors (Lipinski definition) is 4. The number of piperazine rings is 1. The van der Waals surface area contributed by atoms with Crippen LogP contribution in [0.4, 0.5) is 13.2 Å². The van der Waals surface area contributed by atoms with Crippen molar-refractivity contribution >= 4 is 29.9 Å². The molecule has 0 bridgehead atoms. The topological polar surface area (TPSA) is 52.1 Å². The molecule has 166 valence electrons. The van der Waals surface area contributed by atoms with Gasteiger partial charge >= 0.3 is 6.36 Å². The number of guanidine groups is 1. The summed E-state index contributed by atoms with van der Waals surface area (Å²) in [5, 5.41) is 6.38. The van der Waals surface area contributed by atoms with Crippen LogP contribution in [-0.2, 0) is 6.54 Å². The molecular weight excluding hydrogens is 498 g/mol. The zero-order valence-corrected chi connectivity index (χ0v) is 19.3. The van der Waals surface area contributed by atoms with Crippen molar-refractivity contribution in [3.8, 4) is 5.75 Å². The van der Waals surface area contributed by atoms with E-state index in [0.717, 1.165) is 45.8 Å². The largest absolute Gasteiger partial charge is 0.573 e. The minimum atomic E-state index is -4.72. The third-order valence-corrected chi connectivity index (χ3v) is 4.58. The summed E-state index contributed by atoms with van der Waals surface area (Å²) in [5.74, 6) is 0.361. The molecule has 1 fully saturated rings. The monoisotopic (exact) mass is 529 g/mol. The maximum atomic E-state index is 12.5. The normalized spacial score (nSPS) is 16.2. The molecule has 0 amide bonds. The van der Waals surface area contributed by atoms with Crippen LogP contribution in [0.25, 0.3) is 0 Å². The first-order valence-electron chi connectivity index (χ1n) is 9.71. The summed E-state index contributed by atoms with van der Waals surface area (Å²) in [5.41, 5.74) is 0.382. The SMILES string of the molecule is CCNC(=NCc1ccccc1OC(F)(F)F)NCCN1CCN(CC)CC1.I. The molecule has 0 aliphatic carbocycles. The number of aliphatic imine (C=N–C) groups is 1. The minimum Gasteiger partial charge on any atom is -0.405 e. The van der Waals surface area contributed by atoms with Crippen LogP contribution in [0.2, 0.25) is 0 Å². The summed E-state index contributed by atoms with van der Waals surface area (Å²) in [4.78, 5) is 9.23. The zero-order chi connectivity index (χ0) is 20.4. The molecule has 29 heavy (non-hydrogen) atoms. The Morgan fingerprint density at radius 3 is 2.34 bits per heavy atom. The molecular formula is C19H31F3IN5O. The molecule has 10 heteroatoms. The van der Waals surface area contributed by atoms with Gasteiger partial charge in [0.05, 0.1) is 6.54 Å². The summed E-state index contributed by atoms with van der Waals surface area (Å²) >= 11 is 0. The van der Waals surface area contributed by atoms with Crippen LogP contribution in [0.3, 0.4) is 0 Å². The number of nitrogens with zero attached hydrogens (tertiary/aromatic N) is 3. The zero-order valence-electron chi connectivity index (χ0n) is 17.0. The highest BCUT2D eigenvalue weighted by Crippen LogP contribution is 2.26. The van der Waals surface area contributed by atoms with Crippen molar-refractivity contribution in [3.05, 3.63) is 29.8 Å². The van der Waals surface area contributed by atoms with Gasteiger partial charge in [-0.1, -0.05) is 25.1 Å². The Bertz CT molecular complexity index is 622. The van der Waals surface area contributed by atoms with E-state index in [0.29, 0.717) is 18.1 Å². The molecule has 1 heterocycles. The molecule has 1 aromatic rings. The van der Waals surface area contributed by atoms with Gasteiger partial charge in [0.15, 0.2) is 5.96 Å². The van der Waals surface area contributed by atoms with Gasteiger partial charge in [-0.25, -0.2) is 4.99 Å². The first kappa shape index (κ1) is 25.8. The fraction of sp³-hybridized carbons (Fsp3) is 0.632.